The summed E-state index contributed by atoms with van der Waals surface area (Å²) in [6.07, 6.45) is 0. The van der Waals surface area contributed by atoms with Crippen molar-refractivity contribution < 1.29 is 13.9 Å². The van der Waals surface area contributed by atoms with Crippen molar-refractivity contribution >= 4 is 31.3 Å². The Morgan fingerprint density at radius 1 is 1.23 bits per heavy atom. The highest BCUT2D eigenvalue weighted by Crippen LogP contribution is 2.41. The van der Waals surface area contributed by atoms with Gasteiger partial charge >= 0.3 is 5.97 Å². The summed E-state index contributed by atoms with van der Waals surface area (Å²) < 4.78 is 19.0. The van der Waals surface area contributed by atoms with Gasteiger partial charge in [-0.2, -0.15) is 0 Å². The second-order valence-electron chi connectivity index (χ2n) is 7.83. The normalized spacial score (nSPS) is 11.2. The minimum absolute atomic E-state index is 0.171. The van der Waals surface area contributed by atoms with E-state index in [4.69, 9.17) is 16.3 Å². The Labute approximate surface area is 189 Å². The number of carbonyl (C=O) groups is 1. The Morgan fingerprint density at radius 3 is 2.45 bits per heavy atom. The van der Waals surface area contributed by atoms with E-state index in [0.717, 1.165) is 0 Å². The van der Waals surface area contributed by atoms with E-state index < -0.39 is 19.9 Å². The number of methoxy groups -OCH3 is 1. The number of hydrogen-bond acceptors (Lipinski definition) is 4. The minimum atomic E-state index is -1.75. The average molecular weight is 460 g/mol. The first-order valence-corrected chi connectivity index (χ1v) is 13.9. The Morgan fingerprint density at radius 2 is 1.90 bits per heavy atom. The molecule has 0 aliphatic heterocycles. The molecule has 0 heterocycles. The predicted octanol–water partition coefficient (Wildman–Crippen LogP) is 6.50. The molecule has 0 fully saturated rings. The number of ether oxygens (including phenoxy) is 1. The van der Waals surface area contributed by atoms with Crippen LogP contribution in [0.3, 0.4) is 0 Å². The lowest BCUT2D eigenvalue weighted by Crippen LogP contribution is -2.16. The summed E-state index contributed by atoms with van der Waals surface area (Å²) in [7, 11) is -0.467. The third-order valence-corrected chi connectivity index (χ3v) is 5.51. The van der Waals surface area contributed by atoms with Gasteiger partial charge in [0.15, 0.2) is 0 Å². The van der Waals surface area contributed by atoms with Gasteiger partial charge in [0.05, 0.1) is 23.3 Å². The number of hydrogen-bond donors (Lipinski definition) is 0. The molecule has 0 saturated carbocycles. The Kier molecular flexibility index (Phi) is 8.37. The molecule has 5 nitrogen and oxygen atoms in total. The molecule has 0 saturated heterocycles. The lowest BCUT2D eigenvalue weighted by molar-refractivity contribution is 0.0601. The van der Waals surface area contributed by atoms with Gasteiger partial charge in [-0.1, -0.05) is 54.5 Å². The first-order chi connectivity index (χ1) is 14.6. The monoisotopic (exact) mass is 459 g/mol. The summed E-state index contributed by atoms with van der Waals surface area (Å²) in [6.45, 7) is 11.6. The zero-order chi connectivity index (χ0) is 23.2. The lowest BCUT2D eigenvalue weighted by Gasteiger charge is -2.16. The van der Waals surface area contributed by atoms with Crippen LogP contribution in [0.25, 0.3) is 11.1 Å². The largest absolute Gasteiger partial charge is 0.465 e. The third-order valence-electron chi connectivity index (χ3n) is 4.34. The summed E-state index contributed by atoms with van der Waals surface area (Å²) in [4.78, 5) is 12.6. The standard InChI is InChI=1S/C23H27ClFN3O2Si/c1-7-28(8-2)27-26-22-18(12-13-31(4,5)6)20(24)15-19(23(29)30-3)21(22)16-10-9-11-17(25)14-16/h9-11,14-15H,7-8H2,1-6H3. The summed E-state index contributed by atoms with van der Waals surface area (Å²) in [5.41, 5.74) is 5.07. The molecule has 0 radical (unpaired) electrons. The van der Waals surface area contributed by atoms with Crippen LogP contribution in [0.2, 0.25) is 24.7 Å². The molecule has 0 aromatic heterocycles. The number of rotatable bonds is 6. The second kappa shape index (κ2) is 10.6. The molecule has 0 atom stereocenters. The molecule has 8 heteroatoms. The van der Waals surface area contributed by atoms with Crippen LogP contribution in [-0.2, 0) is 4.74 Å². The van der Waals surface area contributed by atoms with Gasteiger partial charge in [-0.25, -0.2) is 9.18 Å². The molecular weight excluding hydrogens is 433 g/mol. The fourth-order valence-corrected chi connectivity index (χ4v) is 3.52. The number of nitrogens with zero attached hydrogens (tertiary/aromatic N) is 3. The minimum Gasteiger partial charge on any atom is -0.465 e. The smallest absolute Gasteiger partial charge is 0.338 e. The van der Waals surface area contributed by atoms with Gasteiger partial charge in [-0.05, 0) is 37.6 Å². The Bertz CT molecular complexity index is 1050. The molecule has 164 valence electrons. The van der Waals surface area contributed by atoms with Crippen LogP contribution in [-0.4, -0.2) is 39.3 Å². The first kappa shape index (κ1) is 24.6. The van der Waals surface area contributed by atoms with Gasteiger partial charge in [0, 0.05) is 18.7 Å². The van der Waals surface area contributed by atoms with Crippen molar-refractivity contribution in [3.8, 4) is 22.6 Å². The van der Waals surface area contributed by atoms with Crippen molar-refractivity contribution in [2.75, 3.05) is 20.2 Å². The topological polar surface area (TPSA) is 54.3 Å². The van der Waals surface area contributed by atoms with Gasteiger partial charge in [0.2, 0.25) is 0 Å². The van der Waals surface area contributed by atoms with E-state index in [9.17, 15) is 9.18 Å². The molecule has 0 amide bonds. The van der Waals surface area contributed by atoms with Gasteiger partial charge in [0.25, 0.3) is 0 Å². The Hall–Kier alpha value is -2.69. The molecule has 0 aliphatic carbocycles. The quantitative estimate of drug-likeness (QED) is 0.163. The second-order valence-corrected chi connectivity index (χ2v) is 13.0. The number of halogens is 2. The summed E-state index contributed by atoms with van der Waals surface area (Å²) >= 11 is 6.55. The van der Waals surface area contributed by atoms with E-state index in [0.29, 0.717) is 35.5 Å². The van der Waals surface area contributed by atoms with Crippen LogP contribution in [0, 0.1) is 17.3 Å². The molecule has 0 spiro atoms. The summed E-state index contributed by atoms with van der Waals surface area (Å²) in [5, 5.41) is 10.8. The van der Waals surface area contributed by atoms with Crippen molar-refractivity contribution in [1.29, 1.82) is 0 Å². The van der Waals surface area contributed by atoms with E-state index in [2.05, 4.69) is 41.4 Å². The SMILES string of the molecule is CCN(CC)N=Nc1c(C#C[Si](C)(C)C)c(Cl)cc(C(=O)OC)c1-c1cccc(F)c1. The van der Waals surface area contributed by atoms with Crippen molar-refractivity contribution in [3.05, 3.63) is 52.3 Å². The molecule has 0 bridgehead atoms. The number of benzene rings is 2. The van der Waals surface area contributed by atoms with E-state index in [1.165, 1.54) is 25.3 Å². The number of esters is 1. The van der Waals surface area contributed by atoms with Crippen LogP contribution in [0.1, 0.15) is 29.8 Å². The fourth-order valence-electron chi connectivity index (χ4n) is 2.77. The van der Waals surface area contributed by atoms with Crippen molar-refractivity contribution in [2.24, 2.45) is 10.3 Å². The molecular formula is C23H27ClFN3O2Si. The zero-order valence-corrected chi connectivity index (χ0v) is 20.5. The fraction of sp³-hybridized carbons (Fsp3) is 0.348. The molecule has 2 aromatic rings. The van der Waals surface area contributed by atoms with E-state index >= 15 is 0 Å². The predicted molar refractivity (Wildman–Crippen MR) is 126 cm³/mol. The maximum absolute atomic E-state index is 14.1. The van der Waals surface area contributed by atoms with Crippen LogP contribution >= 0.6 is 11.6 Å². The molecule has 31 heavy (non-hydrogen) atoms. The highest BCUT2D eigenvalue weighted by Gasteiger charge is 2.24. The molecule has 0 unspecified atom stereocenters. The zero-order valence-electron chi connectivity index (χ0n) is 18.7. The number of carbonyl (C=O) groups excluding carboxylic acids is 1. The van der Waals surface area contributed by atoms with Gasteiger partial charge in [-0.3, -0.25) is 5.01 Å². The van der Waals surface area contributed by atoms with Crippen LogP contribution in [0.5, 0.6) is 0 Å². The van der Waals surface area contributed by atoms with Crippen LogP contribution in [0.15, 0.2) is 40.7 Å². The van der Waals surface area contributed by atoms with E-state index in [1.54, 1.807) is 17.1 Å². The van der Waals surface area contributed by atoms with Gasteiger partial charge in [0.1, 0.15) is 19.6 Å². The molecule has 0 aliphatic rings. The maximum Gasteiger partial charge on any atom is 0.338 e. The van der Waals surface area contributed by atoms with Gasteiger partial charge < -0.3 is 4.74 Å². The molecule has 0 N–H and O–H groups in total. The van der Waals surface area contributed by atoms with Crippen molar-refractivity contribution in [3.63, 3.8) is 0 Å². The van der Waals surface area contributed by atoms with E-state index in [1.807, 2.05) is 13.8 Å². The van der Waals surface area contributed by atoms with Crippen LogP contribution in [0.4, 0.5) is 10.1 Å². The average Bonchev–Trinajstić information content (AvgIpc) is 2.72. The van der Waals surface area contributed by atoms with Crippen molar-refractivity contribution in [2.45, 2.75) is 33.5 Å². The highest BCUT2D eigenvalue weighted by molar-refractivity contribution is 6.83. The third kappa shape index (κ3) is 6.39. The highest BCUT2D eigenvalue weighted by atomic mass is 35.5. The van der Waals surface area contributed by atoms with Crippen LogP contribution < -0.4 is 0 Å². The Balaban J connectivity index is 2.96. The molecule has 2 rings (SSSR count). The summed E-state index contributed by atoms with van der Waals surface area (Å²) in [6, 6.07) is 7.43. The van der Waals surface area contributed by atoms with E-state index in [-0.39, 0.29) is 10.6 Å². The lowest BCUT2D eigenvalue weighted by atomic mass is 9.94. The first-order valence-electron chi connectivity index (χ1n) is 10.0. The summed E-state index contributed by atoms with van der Waals surface area (Å²) in [5.74, 6) is 2.11. The van der Waals surface area contributed by atoms with Gasteiger partial charge in [-0.15, -0.1) is 10.7 Å². The maximum atomic E-state index is 14.1. The molecule has 2 aromatic carbocycles. The van der Waals surface area contributed by atoms with Crippen molar-refractivity contribution in [1.82, 2.24) is 5.01 Å².